The van der Waals surface area contributed by atoms with Gasteiger partial charge in [-0.15, -0.1) is 0 Å². The van der Waals surface area contributed by atoms with E-state index in [1.807, 2.05) is 0 Å². The highest BCUT2D eigenvalue weighted by Crippen LogP contribution is 2.37. The summed E-state index contributed by atoms with van der Waals surface area (Å²) in [5, 5.41) is 15.3. The topological polar surface area (TPSA) is 38.0 Å². The van der Waals surface area contributed by atoms with Crippen LogP contribution in [0.2, 0.25) is 0 Å². The van der Waals surface area contributed by atoms with E-state index in [2.05, 4.69) is 32.4 Å². The lowest BCUT2D eigenvalue weighted by molar-refractivity contribution is 0.171. The third-order valence-electron chi connectivity index (χ3n) is 5.19. The second kappa shape index (κ2) is 7.44. The van der Waals surface area contributed by atoms with E-state index in [0.717, 1.165) is 36.4 Å². The van der Waals surface area contributed by atoms with Crippen molar-refractivity contribution in [2.24, 2.45) is 5.92 Å². The largest absolute Gasteiger partial charge is 0.388 e. The van der Waals surface area contributed by atoms with Crippen LogP contribution in [-0.2, 0) is 12.8 Å². The van der Waals surface area contributed by atoms with Crippen LogP contribution in [0.4, 0.5) is 0 Å². The third kappa shape index (κ3) is 3.33. The summed E-state index contributed by atoms with van der Waals surface area (Å²) in [5.74, 6) is 0.849. The molecule has 120 valence electrons. The Morgan fingerprint density at radius 2 is 1.95 bits per heavy atom. The van der Waals surface area contributed by atoms with Gasteiger partial charge in [-0.3, -0.25) is 4.68 Å². The number of aliphatic hydroxyl groups is 1. The summed E-state index contributed by atoms with van der Waals surface area (Å²) in [6.45, 7) is 8.70. The zero-order valence-electron chi connectivity index (χ0n) is 14.2. The molecule has 1 saturated carbocycles. The monoisotopic (exact) mass is 292 g/mol. The Balaban J connectivity index is 2.36. The van der Waals surface area contributed by atoms with E-state index in [4.69, 9.17) is 5.10 Å². The molecule has 3 nitrogen and oxygen atoms in total. The molecule has 1 aliphatic rings. The first-order valence-electron chi connectivity index (χ1n) is 8.94. The molecule has 0 spiro atoms. The predicted molar refractivity (Wildman–Crippen MR) is 87.5 cm³/mol. The van der Waals surface area contributed by atoms with Crippen molar-refractivity contribution < 1.29 is 5.11 Å². The minimum absolute atomic E-state index is 0.353. The van der Waals surface area contributed by atoms with Gasteiger partial charge in [0.2, 0.25) is 0 Å². The van der Waals surface area contributed by atoms with Gasteiger partial charge >= 0.3 is 0 Å². The SMILES string of the molecule is CCc1nn(C2CCCC(CC)C2)c(CC)c1C(O)CC. The van der Waals surface area contributed by atoms with Crippen LogP contribution in [0.5, 0.6) is 0 Å². The Labute approximate surface area is 129 Å². The highest BCUT2D eigenvalue weighted by atomic mass is 16.3. The van der Waals surface area contributed by atoms with Gasteiger partial charge in [-0.05, 0) is 38.0 Å². The van der Waals surface area contributed by atoms with Crippen molar-refractivity contribution in [2.45, 2.75) is 91.2 Å². The quantitative estimate of drug-likeness (QED) is 0.832. The van der Waals surface area contributed by atoms with Crippen LogP contribution >= 0.6 is 0 Å². The van der Waals surface area contributed by atoms with E-state index >= 15 is 0 Å². The van der Waals surface area contributed by atoms with Crippen LogP contribution < -0.4 is 0 Å². The number of aryl methyl sites for hydroxylation is 1. The van der Waals surface area contributed by atoms with Crippen molar-refractivity contribution in [3.8, 4) is 0 Å². The molecule has 1 N–H and O–H groups in total. The van der Waals surface area contributed by atoms with E-state index in [1.54, 1.807) is 0 Å². The molecule has 1 aliphatic carbocycles. The molecule has 3 unspecified atom stereocenters. The number of rotatable bonds is 6. The standard InChI is InChI=1S/C18H32N2O/c1-5-13-10-9-11-14(12-13)20-16(7-3)18(17(21)8-4)15(6-2)19-20/h13-14,17,21H,5-12H2,1-4H3. The second-order valence-electron chi connectivity index (χ2n) is 6.48. The number of hydrogen-bond donors (Lipinski definition) is 1. The first-order valence-corrected chi connectivity index (χ1v) is 8.94. The molecule has 0 bridgehead atoms. The van der Waals surface area contributed by atoms with Gasteiger partial charge in [0.1, 0.15) is 0 Å². The second-order valence-corrected chi connectivity index (χ2v) is 6.48. The van der Waals surface area contributed by atoms with Gasteiger partial charge < -0.3 is 5.11 Å². The zero-order chi connectivity index (χ0) is 15.4. The van der Waals surface area contributed by atoms with E-state index in [9.17, 15) is 5.11 Å². The molecule has 2 rings (SSSR count). The van der Waals surface area contributed by atoms with Gasteiger partial charge in [0, 0.05) is 11.3 Å². The maximum atomic E-state index is 10.4. The lowest BCUT2D eigenvalue weighted by Crippen LogP contribution is -2.21. The van der Waals surface area contributed by atoms with E-state index < -0.39 is 0 Å². The van der Waals surface area contributed by atoms with Crippen molar-refractivity contribution in [2.75, 3.05) is 0 Å². The molecule has 0 saturated heterocycles. The molecule has 1 aromatic heterocycles. The lowest BCUT2D eigenvalue weighted by Gasteiger charge is -2.30. The molecule has 1 heterocycles. The number of aromatic nitrogens is 2. The molecular weight excluding hydrogens is 260 g/mol. The summed E-state index contributed by atoms with van der Waals surface area (Å²) in [4.78, 5) is 0. The van der Waals surface area contributed by atoms with Gasteiger partial charge in [0.05, 0.1) is 17.8 Å². The normalized spacial score (nSPS) is 24.2. The Hall–Kier alpha value is -0.830. The van der Waals surface area contributed by atoms with Crippen molar-refractivity contribution in [1.29, 1.82) is 0 Å². The highest BCUT2D eigenvalue weighted by molar-refractivity contribution is 5.29. The maximum Gasteiger partial charge on any atom is 0.0823 e. The van der Waals surface area contributed by atoms with Crippen LogP contribution in [0.25, 0.3) is 0 Å². The van der Waals surface area contributed by atoms with Crippen LogP contribution in [0.3, 0.4) is 0 Å². The van der Waals surface area contributed by atoms with Gasteiger partial charge in [-0.2, -0.15) is 5.10 Å². The van der Waals surface area contributed by atoms with E-state index in [0.29, 0.717) is 6.04 Å². The van der Waals surface area contributed by atoms with Gasteiger partial charge in [0.25, 0.3) is 0 Å². The fraction of sp³-hybridized carbons (Fsp3) is 0.833. The van der Waals surface area contributed by atoms with Crippen molar-refractivity contribution in [3.05, 3.63) is 17.0 Å². The fourth-order valence-electron chi connectivity index (χ4n) is 3.89. The summed E-state index contributed by atoms with van der Waals surface area (Å²) in [7, 11) is 0. The molecule has 0 radical (unpaired) electrons. The minimum Gasteiger partial charge on any atom is -0.388 e. The average molecular weight is 292 g/mol. The van der Waals surface area contributed by atoms with Crippen molar-refractivity contribution >= 4 is 0 Å². The van der Waals surface area contributed by atoms with Crippen molar-refractivity contribution in [1.82, 2.24) is 9.78 Å². The number of aliphatic hydroxyl groups excluding tert-OH is 1. The third-order valence-corrected chi connectivity index (χ3v) is 5.19. The van der Waals surface area contributed by atoms with Crippen LogP contribution in [0, 0.1) is 5.92 Å². The van der Waals surface area contributed by atoms with Gasteiger partial charge in [0.15, 0.2) is 0 Å². The smallest absolute Gasteiger partial charge is 0.0823 e. The highest BCUT2D eigenvalue weighted by Gasteiger charge is 2.28. The summed E-state index contributed by atoms with van der Waals surface area (Å²) >= 11 is 0. The Morgan fingerprint density at radius 1 is 1.19 bits per heavy atom. The maximum absolute atomic E-state index is 10.4. The number of hydrogen-bond acceptors (Lipinski definition) is 2. The molecule has 1 fully saturated rings. The van der Waals surface area contributed by atoms with Gasteiger partial charge in [-0.25, -0.2) is 0 Å². The molecule has 0 amide bonds. The predicted octanol–water partition coefficient (Wildman–Crippen LogP) is 4.59. The molecule has 0 aromatic carbocycles. The molecular formula is C18H32N2O. The average Bonchev–Trinajstić information content (AvgIpc) is 2.92. The first-order chi connectivity index (χ1) is 10.2. The van der Waals surface area contributed by atoms with Crippen LogP contribution in [-0.4, -0.2) is 14.9 Å². The fourth-order valence-corrected chi connectivity index (χ4v) is 3.89. The molecule has 21 heavy (non-hydrogen) atoms. The Morgan fingerprint density at radius 3 is 2.52 bits per heavy atom. The number of nitrogens with zero attached hydrogens (tertiary/aromatic N) is 2. The van der Waals surface area contributed by atoms with Crippen molar-refractivity contribution in [3.63, 3.8) is 0 Å². The minimum atomic E-state index is -0.353. The molecule has 3 heteroatoms. The summed E-state index contributed by atoms with van der Waals surface area (Å²) in [5.41, 5.74) is 3.52. The first kappa shape index (κ1) is 16.5. The summed E-state index contributed by atoms with van der Waals surface area (Å²) in [6, 6.07) is 0.543. The van der Waals surface area contributed by atoms with Crippen LogP contribution in [0.15, 0.2) is 0 Å². The van der Waals surface area contributed by atoms with Crippen LogP contribution in [0.1, 0.15) is 95.3 Å². The molecule has 3 atom stereocenters. The Bertz CT molecular complexity index is 452. The molecule has 1 aromatic rings. The molecule has 0 aliphatic heterocycles. The summed E-state index contributed by atoms with van der Waals surface area (Å²) in [6.07, 6.45) is 8.78. The van der Waals surface area contributed by atoms with Gasteiger partial charge in [-0.1, -0.05) is 47.0 Å². The summed E-state index contributed by atoms with van der Waals surface area (Å²) < 4.78 is 2.29. The van der Waals surface area contributed by atoms with E-state index in [-0.39, 0.29) is 6.10 Å². The lowest BCUT2D eigenvalue weighted by atomic mass is 9.84. The zero-order valence-corrected chi connectivity index (χ0v) is 14.2. The van der Waals surface area contributed by atoms with E-state index in [1.165, 1.54) is 37.8 Å². The Kier molecular flexibility index (Phi) is 5.86.